The second kappa shape index (κ2) is 11.4. The van der Waals surface area contributed by atoms with Crippen molar-refractivity contribution < 1.29 is 14.3 Å². The summed E-state index contributed by atoms with van der Waals surface area (Å²) in [5.74, 6) is 3.43. The summed E-state index contributed by atoms with van der Waals surface area (Å²) >= 11 is 0. The highest BCUT2D eigenvalue weighted by Crippen LogP contribution is 2.36. The number of amides is 1. The zero-order valence-electron chi connectivity index (χ0n) is 23.3. The lowest BCUT2D eigenvalue weighted by Gasteiger charge is -2.39. The Morgan fingerprint density at radius 2 is 2.12 bits per heavy atom. The van der Waals surface area contributed by atoms with Crippen molar-refractivity contribution in [2.24, 2.45) is 0 Å². The first kappa shape index (κ1) is 26.5. The molecule has 11 nitrogen and oxygen atoms in total. The molecule has 2 aliphatic rings. The number of fused-ring (bicyclic) bond motifs is 5. The fourth-order valence-corrected chi connectivity index (χ4v) is 5.02. The molecule has 0 spiro atoms. The van der Waals surface area contributed by atoms with Crippen molar-refractivity contribution in [3.63, 3.8) is 0 Å². The lowest BCUT2D eigenvalue weighted by molar-refractivity contribution is -0.129. The van der Waals surface area contributed by atoms with Gasteiger partial charge in [0.15, 0.2) is 17.4 Å². The van der Waals surface area contributed by atoms with E-state index in [1.807, 2.05) is 73.3 Å². The van der Waals surface area contributed by atoms with Gasteiger partial charge in [0.1, 0.15) is 29.9 Å². The third-order valence-corrected chi connectivity index (χ3v) is 7.08. The van der Waals surface area contributed by atoms with Gasteiger partial charge in [0.25, 0.3) is 0 Å². The van der Waals surface area contributed by atoms with Crippen LogP contribution in [0.2, 0.25) is 0 Å². The molecule has 4 aromatic rings. The molecule has 3 aromatic heterocycles. The largest absolute Gasteiger partial charge is 0.487 e. The highest BCUT2D eigenvalue weighted by molar-refractivity contribution is 5.90. The zero-order valence-corrected chi connectivity index (χ0v) is 23.3. The van der Waals surface area contributed by atoms with Gasteiger partial charge in [0.2, 0.25) is 5.91 Å². The SMILES string of the molecule is Cc1cc(Nc2ncnc3cc4c(nc23)N2CCN(C(=O)/C=C/CN(C)C)C(CO4)C2)ccc1Oc1cccnc1. The smallest absolute Gasteiger partial charge is 0.246 e. The summed E-state index contributed by atoms with van der Waals surface area (Å²) in [4.78, 5) is 37.1. The highest BCUT2D eigenvalue weighted by Gasteiger charge is 2.35. The second-order valence-electron chi connectivity index (χ2n) is 10.4. The Balaban J connectivity index is 1.22. The molecule has 11 heteroatoms. The predicted octanol–water partition coefficient (Wildman–Crippen LogP) is 3.79. The van der Waals surface area contributed by atoms with Crippen LogP contribution in [0.4, 0.5) is 17.3 Å². The fraction of sp³-hybridized carbons (Fsp3) is 0.300. The maximum atomic E-state index is 12.9. The Hall–Kier alpha value is -4.77. The van der Waals surface area contributed by atoms with Crippen molar-refractivity contribution in [2.75, 3.05) is 57.1 Å². The molecular weight excluding hydrogens is 520 g/mol. The third-order valence-electron chi connectivity index (χ3n) is 7.08. The van der Waals surface area contributed by atoms with Gasteiger partial charge in [0.05, 0.1) is 17.8 Å². The monoisotopic (exact) mass is 552 g/mol. The number of carbonyl (C=O) groups excluding carboxylic acids is 1. The number of aromatic nitrogens is 4. The number of ether oxygens (including phenoxy) is 2. The van der Waals surface area contributed by atoms with Gasteiger partial charge in [-0.25, -0.2) is 15.0 Å². The van der Waals surface area contributed by atoms with E-state index in [2.05, 4.69) is 25.2 Å². The second-order valence-corrected chi connectivity index (χ2v) is 10.4. The minimum atomic E-state index is -0.0726. The van der Waals surface area contributed by atoms with Gasteiger partial charge in [-0.2, -0.15) is 0 Å². The summed E-state index contributed by atoms with van der Waals surface area (Å²) in [5.41, 5.74) is 3.13. The van der Waals surface area contributed by atoms with Crippen LogP contribution >= 0.6 is 0 Å². The minimum Gasteiger partial charge on any atom is -0.487 e. The van der Waals surface area contributed by atoms with E-state index in [1.54, 1.807) is 18.5 Å². The number of nitrogens with one attached hydrogen (secondary N) is 1. The molecule has 41 heavy (non-hydrogen) atoms. The average Bonchev–Trinajstić information content (AvgIpc) is 3.10. The molecule has 1 N–H and O–H groups in total. The van der Waals surface area contributed by atoms with Crippen molar-refractivity contribution in [3.8, 4) is 17.2 Å². The lowest BCUT2D eigenvalue weighted by Crippen LogP contribution is -2.56. The number of piperazine rings is 1. The molecule has 0 aliphatic carbocycles. The molecule has 1 atom stereocenters. The third kappa shape index (κ3) is 5.75. The molecule has 2 bridgehead atoms. The van der Waals surface area contributed by atoms with Gasteiger partial charge in [-0.1, -0.05) is 6.08 Å². The topological polar surface area (TPSA) is 109 Å². The number of benzene rings is 1. The summed E-state index contributed by atoms with van der Waals surface area (Å²) in [6, 6.07) is 11.4. The molecule has 1 unspecified atom stereocenters. The highest BCUT2D eigenvalue weighted by atomic mass is 16.5. The molecular formula is C30H32N8O3. The summed E-state index contributed by atoms with van der Waals surface area (Å²) in [6.07, 6.45) is 8.46. The van der Waals surface area contributed by atoms with Crippen LogP contribution in [-0.2, 0) is 4.79 Å². The van der Waals surface area contributed by atoms with E-state index in [-0.39, 0.29) is 11.9 Å². The summed E-state index contributed by atoms with van der Waals surface area (Å²) in [6.45, 7) is 5.01. The average molecular weight is 553 g/mol. The van der Waals surface area contributed by atoms with E-state index < -0.39 is 0 Å². The molecule has 5 heterocycles. The number of pyridine rings is 2. The summed E-state index contributed by atoms with van der Waals surface area (Å²) < 4.78 is 12.2. The van der Waals surface area contributed by atoms with Crippen LogP contribution in [0.1, 0.15) is 5.56 Å². The summed E-state index contributed by atoms with van der Waals surface area (Å²) in [5, 5.41) is 3.40. The van der Waals surface area contributed by atoms with E-state index in [1.165, 1.54) is 6.33 Å². The molecule has 6 rings (SSSR count). The maximum Gasteiger partial charge on any atom is 0.246 e. The number of rotatable bonds is 7. The Morgan fingerprint density at radius 1 is 1.22 bits per heavy atom. The fourth-order valence-electron chi connectivity index (χ4n) is 5.02. The molecule has 1 amide bonds. The van der Waals surface area contributed by atoms with Crippen molar-refractivity contribution in [3.05, 3.63) is 72.8 Å². The number of nitrogens with zero attached hydrogens (tertiary/aromatic N) is 7. The molecule has 1 saturated heterocycles. The minimum absolute atomic E-state index is 0.00803. The molecule has 1 aromatic carbocycles. The van der Waals surface area contributed by atoms with Crippen LogP contribution in [0.3, 0.4) is 0 Å². The number of hydrogen-bond acceptors (Lipinski definition) is 10. The van der Waals surface area contributed by atoms with Crippen LogP contribution in [0, 0.1) is 6.92 Å². The Kier molecular flexibility index (Phi) is 7.34. The zero-order chi connectivity index (χ0) is 28.3. The van der Waals surface area contributed by atoms with Crippen LogP contribution in [0.5, 0.6) is 17.2 Å². The van der Waals surface area contributed by atoms with Crippen LogP contribution in [0.25, 0.3) is 11.0 Å². The normalized spacial score (nSPS) is 16.4. The van der Waals surface area contributed by atoms with E-state index in [4.69, 9.17) is 14.5 Å². The molecule has 2 aliphatic heterocycles. The quantitative estimate of drug-likeness (QED) is 0.340. The van der Waals surface area contributed by atoms with E-state index in [9.17, 15) is 4.79 Å². The van der Waals surface area contributed by atoms with E-state index in [0.717, 1.165) is 29.4 Å². The Morgan fingerprint density at radius 3 is 2.93 bits per heavy atom. The first-order valence-corrected chi connectivity index (χ1v) is 13.6. The van der Waals surface area contributed by atoms with Crippen molar-refractivity contribution >= 4 is 34.3 Å². The lowest BCUT2D eigenvalue weighted by atomic mass is 10.1. The number of likely N-dealkylation sites (N-methyl/N-ethyl adjacent to an activating group) is 1. The van der Waals surface area contributed by atoms with Crippen molar-refractivity contribution in [2.45, 2.75) is 13.0 Å². The van der Waals surface area contributed by atoms with Gasteiger partial charge in [-0.3, -0.25) is 9.78 Å². The predicted molar refractivity (Wildman–Crippen MR) is 157 cm³/mol. The first-order chi connectivity index (χ1) is 19.9. The van der Waals surface area contributed by atoms with Gasteiger partial charge in [0, 0.05) is 50.2 Å². The van der Waals surface area contributed by atoms with Crippen LogP contribution in [0.15, 0.2) is 67.3 Å². The van der Waals surface area contributed by atoms with E-state index >= 15 is 0 Å². The van der Waals surface area contributed by atoms with Crippen LogP contribution in [-0.4, -0.2) is 88.6 Å². The van der Waals surface area contributed by atoms with Gasteiger partial charge >= 0.3 is 0 Å². The number of anilines is 3. The van der Waals surface area contributed by atoms with Gasteiger partial charge in [-0.05, 0) is 56.9 Å². The number of hydrogen-bond donors (Lipinski definition) is 1. The summed E-state index contributed by atoms with van der Waals surface area (Å²) in [7, 11) is 3.95. The standard InChI is InChI=1S/C30H32N8O3/c1-20-14-21(8-9-25(20)41-23-6-4-10-31-16-23)34-29-28-24(32-19-33-29)15-26-30(35-28)37-12-13-38(22(17-37)18-40-26)27(39)7-5-11-36(2)3/h4-10,14-16,19,22H,11-13,17-18H2,1-3H3,(H,32,33,34)/b7-5+. The van der Waals surface area contributed by atoms with E-state index in [0.29, 0.717) is 54.6 Å². The van der Waals surface area contributed by atoms with Gasteiger partial charge in [-0.15, -0.1) is 0 Å². The van der Waals surface area contributed by atoms with Gasteiger partial charge < -0.3 is 29.5 Å². The van der Waals surface area contributed by atoms with Crippen molar-refractivity contribution in [1.29, 1.82) is 0 Å². The number of aryl methyl sites for hydroxylation is 1. The Bertz CT molecular complexity index is 1590. The Labute approximate surface area is 238 Å². The maximum absolute atomic E-state index is 12.9. The van der Waals surface area contributed by atoms with Crippen molar-refractivity contribution in [1.82, 2.24) is 29.7 Å². The molecule has 210 valence electrons. The molecule has 0 saturated carbocycles. The molecule has 0 radical (unpaired) electrons. The first-order valence-electron chi connectivity index (χ1n) is 13.6. The number of carbonyl (C=O) groups is 1. The molecule has 1 fully saturated rings. The van der Waals surface area contributed by atoms with Crippen LogP contribution < -0.4 is 19.7 Å².